The summed E-state index contributed by atoms with van der Waals surface area (Å²) in [6.45, 7) is 6.33. The number of hydrogen-bond donors (Lipinski definition) is 0. The second-order valence-electron chi connectivity index (χ2n) is 6.70. The molecule has 2 aromatic rings. The van der Waals surface area contributed by atoms with Gasteiger partial charge in [-0.05, 0) is 18.3 Å². The van der Waals surface area contributed by atoms with Crippen LogP contribution in [-0.4, -0.2) is 31.8 Å². The molecule has 1 aliphatic heterocycles. The molecule has 0 aromatic carbocycles. The van der Waals surface area contributed by atoms with Crippen molar-refractivity contribution < 1.29 is 0 Å². The Hall–Kier alpha value is -2.05. The maximum atomic E-state index is 12.4. The van der Waals surface area contributed by atoms with Crippen LogP contribution in [0.15, 0.2) is 9.59 Å². The molecule has 1 saturated heterocycles. The molecular formula is C15H23N5O2. The predicted molar refractivity (Wildman–Crippen MR) is 86.4 cm³/mol. The molecule has 7 nitrogen and oxygen atoms in total. The summed E-state index contributed by atoms with van der Waals surface area (Å²) >= 11 is 0. The van der Waals surface area contributed by atoms with E-state index in [0.717, 1.165) is 23.6 Å². The maximum absolute atomic E-state index is 12.4. The van der Waals surface area contributed by atoms with Gasteiger partial charge in [0, 0.05) is 34.2 Å². The summed E-state index contributed by atoms with van der Waals surface area (Å²) in [4.78, 5) is 31.3. The van der Waals surface area contributed by atoms with Gasteiger partial charge in [-0.3, -0.25) is 13.9 Å². The number of piperidine rings is 1. The molecule has 2 aromatic heterocycles. The van der Waals surface area contributed by atoms with Crippen molar-refractivity contribution >= 4 is 17.1 Å². The highest BCUT2D eigenvalue weighted by atomic mass is 16.2. The normalized spacial score (nSPS) is 22.5. The third-order valence-corrected chi connectivity index (χ3v) is 4.60. The minimum absolute atomic E-state index is 0.294. The van der Waals surface area contributed by atoms with E-state index in [-0.39, 0.29) is 11.2 Å². The zero-order valence-corrected chi connectivity index (χ0v) is 13.8. The van der Waals surface area contributed by atoms with Crippen molar-refractivity contribution in [2.45, 2.75) is 20.3 Å². The number of nitrogens with zero attached hydrogens (tertiary/aromatic N) is 5. The number of aromatic nitrogens is 4. The molecule has 120 valence electrons. The highest BCUT2D eigenvalue weighted by molar-refractivity contribution is 5.74. The summed E-state index contributed by atoms with van der Waals surface area (Å²) in [7, 11) is 5.00. The molecule has 3 rings (SSSR count). The van der Waals surface area contributed by atoms with Crippen LogP contribution >= 0.6 is 0 Å². The van der Waals surface area contributed by atoms with E-state index in [4.69, 9.17) is 0 Å². The molecule has 0 aliphatic carbocycles. The van der Waals surface area contributed by atoms with E-state index in [1.165, 1.54) is 18.0 Å². The van der Waals surface area contributed by atoms with Crippen LogP contribution in [0.5, 0.6) is 0 Å². The van der Waals surface area contributed by atoms with Crippen LogP contribution in [0, 0.1) is 11.8 Å². The highest BCUT2D eigenvalue weighted by Crippen LogP contribution is 2.26. The van der Waals surface area contributed by atoms with Crippen molar-refractivity contribution in [1.82, 2.24) is 18.7 Å². The first-order chi connectivity index (χ1) is 10.3. The topological polar surface area (TPSA) is 65.1 Å². The van der Waals surface area contributed by atoms with Crippen LogP contribution in [0.3, 0.4) is 0 Å². The Kier molecular flexibility index (Phi) is 3.38. The average Bonchev–Trinajstić information content (AvgIpc) is 2.79. The van der Waals surface area contributed by atoms with E-state index in [1.807, 2.05) is 11.6 Å². The van der Waals surface area contributed by atoms with E-state index < -0.39 is 0 Å². The fourth-order valence-electron chi connectivity index (χ4n) is 3.62. The standard InChI is InChI=1S/C15H23N5O2/c1-9-6-10(2)8-20(7-9)14-16-12-11(17(14)3)13(21)19(5)15(22)18(12)4/h9-10H,6-8H2,1-5H3/t9-,10+. The zero-order chi connectivity index (χ0) is 16.2. The molecule has 1 aliphatic rings. The highest BCUT2D eigenvalue weighted by Gasteiger charge is 2.26. The van der Waals surface area contributed by atoms with Crippen LogP contribution in [0.4, 0.5) is 5.95 Å². The molecule has 0 unspecified atom stereocenters. The second kappa shape index (κ2) is 5.00. The summed E-state index contributed by atoms with van der Waals surface area (Å²) in [5, 5.41) is 0. The number of anilines is 1. The number of fused-ring (bicyclic) bond motifs is 1. The Balaban J connectivity index is 2.23. The van der Waals surface area contributed by atoms with Gasteiger partial charge < -0.3 is 9.47 Å². The molecular weight excluding hydrogens is 282 g/mol. The average molecular weight is 305 g/mol. The van der Waals surface area contributed by atoms with Crippen molar-refractivity contribution in [3.05, 3.63) is 20.8 Å². The predicted octanol–water partition coefficient (Wildman–Crippen LogP) is 0.453. The lowest BCUT2D eigenvalue weighted by Gasteiger charge is -2.35. The minimum Gasteiger partial charge on any atom is -0.342 e. The quantitative estimate of drug-likeness (QED) is 0.767. The Bertz CT molecular complexity index is 834. The molecule has 0 radical (unpaired) electrons. The van der Waals surface area contributed by atoms with Crippen LogP contribution in [-0.2, 0) is 21.1 Å². The fraction of sp³-hybridized carbons (Fsp3) is 0.667. The van der Waals surface area contributed by atoms with E-state index in [0.29, 0.717) is 23.0 Å². The van der Waals surface area contributed by atoms with E-state index >= 15 is 0 Å². The summed E-state index contributed by atoms with van der Waals surface area (Å²) in [5.41, 5.74) is 0.293. The zero-order valence-electron chi connectivity index (χ0n) is 13.8. The summed E-state index contributed by atoms with van der Waals surface area (Å²) < 4.78 is 4.40. The number of rotatable bonds is 1. The van der Waals surface area contributed by atoms with Crippen LogP contribution in [0.2, 0.25) is 0 Å². The Morgan fingerprint density at radius 3 is 2.14 bits per heavy atom. The maximum Gasteiger partial charge on any atom is 0.332 e. The summed E-state index contributed by atoms with van der Waals surface area (Å²) in [6, 6.07) is 0. The SMILES string of the molecule is C[C@@H]1C[C@H](C)CN(c2nc3c(c(=O)n(C)c(=O)n3C)n2C)C1. The smallest absolute Gasteiger partial charge is 0.332 e. The molecule has 2 atom stereocenters. The molecule has 1 fully saturated rings. The Labute approximate surface area is 128 Å². The summed E-state index contributed by atoms with van der Waals surface area (Å²) in [5.74, 6) is 1.96. The molecule has 7 heteroatoms. The van der Waals surface area contributed by atoms with Crippen molar-refractivity contribution in [3.8, 4) is 0 Å². The van der Waals surface area contributed by atoms with Gasteiger partial charge in [0.2, 0.25) is 5.95 Å². The van der Waals surface area contributed by atoms with Gasteiger partial charge in [-0.1, -0.05) is 13.8 Å². The molecule has 3 heterocycles. The number of imidazole rings is 1. The van der Waals surface area contributed by atoms with Gasteiger partial charge in [-0.2, -0.15) is 4.98 Å². The Morgan fingerprint density at radius 2 is 1.55 bits per heavy atom. The Morgan fingerprint density at radius 1 is 0.955 bits per heavy atom. The van der Waals surface area contributed by atoms with Gasteiger partial charge in [0.1, 0.15) is 0 Å². The first kappa shape index (κ1) is 14.9. The third kappa shape index (κ3) is 2.07. The van der Waals surface area contributed by atoms with E-state index in [2.05, 4.69) is 23.7 Å². The van der Waals surface area contributed by atoms with Crippen molar-refractivity contribution in [2.75, 3.05) is 18.0 Å². The number of aryl methyl sites for hydroxylation is 2. The van der Waals surface area contributed by atoms with Gasteiger partial charge >= 0.3 is 5.69 Å². The monoisotopic (exact) mass is 305 g/mol. The van der Waals surface area contributed by atoms with Crippen LogP contribution in [0.25, 0.3) is 11.2 Å². The van der Waals surface area contributed by atoms with E-state index in [9.17, 15) is 9.59 Å². The third-order valence-electron chi connectivity index (χ3n) is 4.60. The van der Waals surface area contributed by atoms with Crippen LogP contribution in [0.1, 0.15) is 20.3 Å². The van der Waals surface area contributed by atoms with Gasteiger partial charge in [0.25, 0.3) is 5.56 Å². The molecule has 22 heavy (non-hydrogen) atoms. The number of hydrogen-bond acceptors (Lipinski definition) is 4. The van der Waals surface area contributed by atoms with Crippen LogP contribution < -0.4 is 16.1 Å². The first-order valence-electron chi connectivity index (χ1n) is 7.68. The van der Waals surface area contributed by atoms with Gasteiger partial charge in [0.15, 0.2) is 11.2 Å². The second-order valence-corrected chi connectivity index (χ2v) is 6.70. The fourth-order valence-corrected chi connectivity index (χ4v) is 3.62. The summed E-state index contributed by atoms with van der Waals surface area (Å²) in [6.07, 6.45) is 1.21. The van der Waals surface area contributed by atoms with Crippen molar-refractivity contribution in [1.29, 1.82) is 0 Å². The lowest BCUT2D eigenvalue weighted by atomic mass is 9.92. The van der Waals surface area contributed by atoms with Crippen molar-refractivity contribution in [3.63, 3.8) is 0 Å². The molecule has 0 amide bonds. The lowest BCUT2D eigenvalue weighted by molar-refractivity contribution is 0.352. The first-order valence-corrected chi connectivity index (χ1v) is 7.68. The van der Waals surface area contributed by atoms with Gasteiger partial charge in [0.05, 0.1) is 0 Å². The lowest BCUT2D eigenvalue weighted by Crippen LogP contribution is -2.40. The molecule has 0 N–H and O–H groups in total. The minimum atomic E-state index is -0.345. The molecule has 0 saturated carbocycles. The van der Waals surface area contributed by atoms with E-state index in [1.54, 1.807) is 7.05 Å². The molecule has 0 bridgehead atoms. The van der Waals surface area contributed by atoms with Gasteiger partial charge in [-0.15, -0.1) is 0 Å². The largest absolute Gasteiger partial charge is 0.342 e. The van der Waals surface area contributed by atoms with Crippen molar-refractivity contribution in [2.24, 2.45) is 33.0 Å². The van der Waals surface area contributed by atoms with Gasteiger partial charge in [-0.25, -0.2) is 4.79 Å². The molecule has 0 spiro atoms.